The second kappa shape index (κ2) is 21.0. The van der Waals surface area contributed by atoms with Gasteiger partial charge in [0.05, 0.1) is 33.8 Å². The lowest BCUT2D eigenvalue weighted by molar-refractivity contribution is -0.164. The first-order valence-corrected chi connectivity index (χ1v) is 23.4. The molecule has 3 aromatic carbocycles. The summed E-state index contributed by atoms with van der Waals surface area (Å²) >= 11 is 7.76. The van der Waals surface area contributed by atoms with Gasteiger partial charge in [-0.15, -0.1) is 11.3 Å². The SMILES string of the molecule is CC1(C)C(NC(=O)c2ccc(OCCCCCOCC(=O)N[C@H](C(=O)N3C[C@H](O)C[C@H]3C(=O)NCc3ccc(-c4cncs4)cc3)C(C)(C)C)cc2)C(C)(C)C1Oc1ccc(N)c(Cl)c1. The van der Waals surface area contributed by atoms with Crippen LogP contribution in [0.5, 0.6) is 11.5 Å². The third-order valence-electron chi connectivity index (χ3n) is 12.3. The molecule has 1 saturated carbocycles. The third kappa shape index (κ3) is 12.2. The number of likely N-dealkylation sites (tertiary alicyclic amines) is 1. The van der Waals surface area contributed by atoms with Crippen LogP contribution in [0.25, 0.3) is 10.4 Å². The van der Waals surface area contributed by atoms with Crippen LogP contribution in [0.4, 0.5) is 5.69 Å². The Kier molecular flexibility index (Phi) is 15.9. The van der Waals surface area contributed by atoms with Crippen molar-refractivity contribution in [3.63, 3.8) is 0 Å². The van der Waals surface area contributed by atoms with Gasteiger partial charge in [0, 0.05) is 60.8 Å². The highest BCUT2D eigenvalue weighted by atomic mass is 35.5. The molecule has 6 N–H and O–H groups in total. The number of aliphatic hydroxyl groups excluding tert-OH is 1. The van der Waals surface area contributed by atoms with E-state index < -0.39 is 35.4 Å². The monoisotopic (exact) mass is 930 g/mol. The number of hydrogen-bond donors (Lipinski definition) is 5. The van der Waals surface area contributed by atoms with Crippen molar-refractivity contribution >= 4 is 52.3 Å². The lowest BCUT2D eigenvalue weighted by atomic mass is 9.49. The highest BCUT2D eigenvalue weighted by Crippen LogP contribution is 2.55. The summed E-state index contributed by atoms with van der Waals surface area (Å²) in [5.74, 6) is -0.130. The van der Waals surface area contributed by atoms with Crippen molar-refractivity contribution in [3.8, 4) is 21.9 Å². The molecular formula is C49H63ClN6O8S. The van der Waals surface area contributed by atoms with E-state index in [1.807, 2.05) is 45.0 Å². The van der Waals surface area contributed by atoms with Crippen molar-refractivity contribution in [2.45, 2.75) is 111 Å². The molecule has 0 spiro atoms. The van der Waals surface area contributed by atoms with E-state index in [4.69, 9.17) is 31.5 Å². The van der Waals surface area contributed by atoms with Crippen LogP contribution in [0.15, 0.2) is 78.4 Å². The van der Waals surface area contributed by atoms with Gasteiger partial charge in [0.2, 0.25) is 17.7 Å². The molecule has 0 bridgehead atoms. The molecule has 6 rings (SSSR count). The number of unbranched alkanes of at least 4 members (excludes halogenated alkanes) is 2. The summed E-state index contributed by atoms with van der Waals surface area (Å²) in [5.41, 5.74) is 9.19. The topological polar surface area (TPSA) is 194 Å². The van der Waals surface area contributed by atoms with Crippen LogP contribution in [0, 0.1) is 16.2 Å². The van der Waals surface area contributed by atoms with E-state index in [-0.39, 0.29) is 60.9 Å². The van der Waals surface area contributed by atoms with Gasteiger partial charge in [-0.05, 0) is 72.2 Å². The third-order valence-corrected chi connectivity index (χ3v) is 13.5. The Hall–Kier alpha value is -5.22. The maximum atomic E-state index is 13.9. The van der Waals surface area contributed by atoms with E-state index in [0.717, 1.165) is 28.8 Å². The van der Waals surface area contributed by atoms with Crippen LogP contribution in [0.3, 0.4) is 0 Å². The first-order chi connectivity index (χ1) is 30.7. The van der Waals surface area contributed by atoms with Gasteiger partial charge in [0.15, 0.2) is 0 Å². The minimum atomic E-state index is -0.948. The molecule has 0 unspecified atom stereocenters. The van der Waals surface area contributed by atoms with E-state index in [9.17, 15) is 24.3 Å². The number of amides is 4. The number of β-amino-alcohol motifs (C(OH)–C–C–N with tert-alkyl or cyclic N) is 1. The van der Waals surface area contributed by atoms with Gasteiger partial charge in [-0.2, -0.15) is 0 Å². The molecule has 1 saturated heterocycles. The lowest BCUT2D eigenvalue weighted by Gasteiger charge is -2.63. The summed E-state index contributed by atoms with van der Waals surface area (Å²) in [7, 11) is 0. The van der Waals surface area contributed by atoms with Gasteiger partial charge in [0.1, 0.15) is 36.3 Å². The van der Waals surface area contributed by atoms with Crippen molar-refractivity contribution in [1.82, 2.24) is 25.8 Å². The highest BCUT2D eigenvalue weighted by Gasteiger charge is 2.64. The second-order valence-corrected chi connectivity index (χ2v) is 20.6. The Morgan fingerprint density at radius 2 is 1.63 bits per heavy atom. The molecule has 4 aromatic rings. The number of halogens is 1. The Bertz CT molecular complexity index is 2250. The van der Waals surface area contributed by atoms with Crippen LogP contribution in [0.1, 0.15) is 90.1 Å². The normalized spacial score (nSPS) is 20.3. The highest BCUT2D eigenvalue weighted by molar-refractivity contribution is 7.13. The predicted octanol–water partition coefficient (Wildman–Crippen LogP) is 7.03. The molecule has 2 aliphatic rings. The summed E-state index contributed by atoms with van der Waals surface area (Å²) in [5, 5.41) is 19.9. The van der Waals surface area contributed by atoms with Gasteiger partial charge >= 0.3 is 0 Å². The van der Waals surface area contributed by atoms with E-state index in [2.05, 4.69) is 48.6 Å². The average molecular weight is 932 g/mol. The summed E-state index contributed by atoms with van der Waals surface area (Å²) < 4.78 is 17.9. The largest absolute Gasteiger partial charge is 0.494 e. The minimum Gasteiger partial charge on any atom is -0.494 e. The lowest BCUT2D eigenvalue weighted by Crippen LogP contribution is -2.74. The first kappa shape index (κ1) is 49.2. The van der Waals surface area contributed by atoms with Crippen LogP contribution < -0.4 is 31.2 Å². The Balaban J connectivity index is 0.874. The summed E-state index contributed by atoms with van der Waals surface area (Å²) in [6.07, 6.45) is 3.12. The standard InChI is InChI=1S/C49H63ClN6O8S/c1-47(2,3)41(44(61)56-27-33(57)23-38(56)43(60)53-25-30-11-13-31(14-12-30)39-26-52-29-65-39)54-40(58)28-62-21-9-8-10-22-63-34-17-15-32(16-18-34)42(59)55-45-48(4,5)46(49(45,6)7)64-35-19-20-37(51)36(50)24-35/h11-20,24,26,29,33,38,41,45-46,57H,8-10,21-23,25,27-28,51H2,1-7H3,(H,53,60)(H,54,58)(H,55,59)/t33-,38+,41-,45?,46?/m1/s1. The van der Waals surface area contributed by atoms with E-state index in [1.54, 1.807) is 65.5 Å². The molecule has 0 radical (unpaired) electrons. The number of rotatable bonds is 19. The molecule has 3 atom stereocenters. The number of nitrogens with two attached hydrogens (primary N) is 1. The zero-order chi connectivity index (χ0) is 47.1. The number of hydrogen-bond acceptors (Lipinski definition) is 11. The molecule has 350 valence electrons. The van der Waals surface area contributed by atoms with Crippen LogP contribution >= 0.6 is 22.9 Å². The van der Waals surface area contributed by atoms with Crippen molar-refractivity contribution in [1.29, 1.82) is 0 Å². The fourth-order valence-electron chi connectivity index (χ4n) is 9.05. The Morgan fingerprint density at radius 1 is 0.954 bits per heavy atom. The van der Waals surface area contributed by atoms with Crippen molar-refractivity contribution in [2.24, 2.45) is 16.2 Å². The van der Waals surface area contributed by atoms with E-state index >= 15 is 0 Å². The molecule has 1 aromatic heterocycles. The van der Waals surface area contributed by atoms with Crippen LogP contribution in [-0.4, -0.2) is 95.3 Å². The van der Waals surface area contributed by atoms with Crippen molar-refractivity contribution in [3.05, 3.63) is 94.6 Å². The number of benzene rings is 3. The van der Waals surface area contributed by atoms with Crippen molar-refractivity contribution in [2.75, 3.05) is 32.1 Å². The fraction of sp³-hybridized carbons (Fsp3) is 0.490. The van der Waals surface area contributed by atoms with Gasteiger partial charge in [-0.25, -0.2) is 0 Å². The number of nitrogen functional groups attached to an aromatic ring is 1. The van der Waals surface area contributed by atoms with E-state index in [0.29, 0.717) is 47.4 Å². The number of ether oxygens (including phenoxy) is 3. The number of carbonyl (C=O) groups is 4. The van der Waals surface area contributed by atoms with Crippen molar-refractivity contribution < 1.29 is 38.5 Å². The van der Waals surface area contributed by atoms with Crippen LogP contribution in [0.2, 0.25) is 5.02 Å². The minimum absolute atomic E-state index is 0.00915. The molecule has 16 heteroatoms. The second-order valence-electron chi connectivity index (χ2n) is 19.3. The predicted molar refractivity (Wildman–Crippen MR) is 253 cm³/mol. The molecule has 1 aliphatic carbocycles. The number of nitrogens with zero attached hydrogens (tertiary/aromatic N) is 2. The molecule has 2 fully saturated rings. The quantitative estimate of drug-likeness (QED) is 0.0482. The Morgan fingerprint density at radius 3 is 2.28 bits per heavy atom. The number of nitrogens with one attached hydrogen (secondary N) is 3. The number of aliphatic hydroxyl groups is 1. The van der Waals surface area contributed by atoms with Crippen LogP contribution in [-0.2, 0) is 25.7 Å². The molecule has 2 heterocycles. The zero-order valence-corrected chi connectivity index (χ0v) is 39.9. The fourth-order valence-corrected chi connectivity index (χ4v) is 9.85. The molecule has 14 nitrogen and oxygen atoms in total. The number of carbonyl (C=O) groups excluding carboxylic acids is 4. The summed E-state index contributed by atoms with van der Waals surface area (Å²) in [6.45, 7) is 14.7. The number of thiazole rings is 1. The molecule has 4 amide bonds. The van der Waals surface area contributed by atoms with E-state index in [1.165, 1.54) is 4.90 Å². The Labute approximate surface area is 391 Å². The summed E-state index contributed by atoms with van der Waals surface area (Å²) in [6, 6.07) is 18.1. The van der Waals surface area contributed by atoms with Gasteiger partial charge in [0.25, 0.3) is 5.91 Å². The number of aromatic nitrogens is 1. The molecular weight excluding hydrogens is 868 g/mol. The maximum absolute atomic E-state index is 13.9. The smallest absolute Gasteiger partial charge is 0.251 e. The number of anilines is 1. The summed E-state index contributed by atoms with van der Waals surface area (Å²) in [4.78, 5) is 60.2. The van der Waals surface area contributed by atoms with Gasteiger partial charge < -0.3 is 45.9 Å². The molecule has 65 heavy (non-hydrogen) atoms. The first-order valence-electron chi connectivity index (χ1n) is 22.1. The maximum Gasteiger partial charge on any atom is 0.251 e. The van der Waals surface area contributed by atoms with Gasteiger partial charge in [-0.3, -0.25) is 24.2 Å². The van der Waals surface area contributed by atoms with Gasteiger partial charge in [-0.1, -0.05) is 84.3 Å². The average Bonchev–Trinajstić information content (AvgIpc) is 3.95. The zero-order valence-electron chi connectivity index (χ0n) is 38.3. The molecule has 1 aliphatic heterocycles.